The maximum absolute atomic E-state index is 12.1. The number of rotatable bonds is 1. The van der Waals surface area contributed by atoms with Crippen LogP contribution in [0.1, 0.15) is 23.0 Å². The van der Waals surface area contributed by atoms with Crippen molar-refractivity contribution in [3.8, 4) is 0 Å². The number of hydrogen-bond acceptors (Lipinski definition) is 4. The summed E-state index contributed by atoms with van der Waals surface area (Å²) in [5.41, 5.74) is 4.16. The van der Waals surface area contributed by atoms with Crippen molar-refractivity contribution in [1.82, 2.24) is 14.6 Å². The molecule has 2 aromatic heterocycles. The lowest BCUT2D eigenvalue weighted by Crippen LogP contribution is -2.12. The largest absolute Gasteiger partial charge is 0.348 e. The molecule has 1 N–H and O–H groups in total. The Morgan fingerprint density at radius 1 is 1.24 bits per heavy atom. The molecule has 0 amide bonds. The van der Waals surface area contributed by atoms with Crippen LogP contribution in [-0.2, 0) is 9.47 Å². The number of nitrogens with zero attached hydrogens (tertiary/aromatic N) is 2. The maximum Gasteiger partial charge on any atom is 0.348 e. The summed E-state index contributed by atoms with van der Waals surface area (Å²) in [6, 6.07) is 6.10. The molecule has 4 rings (SSSR count). The molecule has 21 heavy (non-hydrogen) atoms. The zero-order valence-corrected chi connectivity index (χ0v) is 11.8. The highest BCUT2D eigenvalue weighted by Crippen LogP contribution is 2.30. The zero-order valence-electron chi connectivity index (χ0n) is 11.8. The first kappa shape index (κ1) is 12.6. The van der Waals surface area contributed by atoms with Crippen LogP contribution in [0.5, 0.6) is 0 Å². The van der Waals surface area contributed by atoms with Crippen LogP contribution in [-0.4, -0.2) is 27.8 Å². The monoisotopic (exact) mass is 285 g/mol. The summed E-state index contributed by atoms with van der Waals surface area (Å²) < 4.78 is 12.7. The number of H-pyrrole nitrogens is 1. The molecule has 108 valence electrons. The standard InChI is InChI=1S/C15H15N3O3/c1-8-5-9(2)10-7-11(14-20-3-4-21-14)13-16-17-15(19)18(13)12(10)6-8/h5-7,14H,3-4H2,1-2H3,(H,17,19). The van der Waals surface area contributed by atoms with Crippen molar-refractivity contribution in [3.05, 3.63) is 45.4 Å². The second-order valence-electron chi connectivity index (χ2n) is 5.38. The molecule has 6 nitrogen and oxygen atoms in total. The minimum absolute atomic E-state index is 0.250. The van der Waals surface area contributed by atoms with Crippen molar-refractivity contribution in [3.63, 3.8) is 0 Å². The second kappa shape index (κ2) is 4.41. The third kappa shape index (κ3) is 1.80. The van der Waals surface area contributed by atoms with Crippen molar-refractivity contribution in [2.45, 2.75) is 20.1 Å². The van der Waals surface area contributed by atoms with Gasteiger partial charge in [-0.3, -0.25) is 0 Å². The molecule has 1 aliphatic rings. The molecule has 0 unspecified atom stereocenters. The van der Waals surface area contributed by atoms with E-state index in [-0.39, 0.29) is 5.69 Å². The van der Waals surface area contributed by atoms with E-state index < -0.39 is 6.29 Å². The van der Waals surface area contributed by atoms with E-state index in [1.807, 2.05) is 26.0 Å². The molecule has 1 aromatic carbocycles. The summed E-state index contributed by atoms with van der Waals surface area (Å²) >= 11 is 0. The predicted octanol–water partition coefficient (Wildman–Crippen LogP) is 1.84. The fraction of sp³-hybridized carbons (Fsp3) is 0.333. The molecule has 0 radical (unpaired) electrons. The molecule has 1 aliphatic heterocycles. The van der Waals surface area contributed by atoms with Gasteiger partial charge in [0.25, 0.3) is 0 Å². The summed E-state index contributed by atoms with van der Waals surface area (Å²) in [5.74, 6) is 0. The van der Waals surface area contributed by atoms with Gasteiger partial charge in [0.2, 0.25) is 0 Å². The Morgan fingerprint density at radius 2 is 2.00 bits per heavy atom. The Hall–Kier alpha value is -2.18. The van der Waals surface area contributed by atoms with Crippen LogP contribution in [0.25, 0.3) is 16.6 Å². The van der Waals surface area contributed by atoms with Gasteiger partial charge in [-0.15, -0.1) is 0 Å². The number of ether oxygens (including phenoxy) is 2. The summed E-state index contributed by atoms with van der Waals surface area (Å²) in [7, 11) is 0. The van der Waals surface area contributed by atoms with Crippen molar-refractivity contribution in [1.29, 1.82) is 0 Å². The zero-order chi connectivity index (χ0) is 14.6. The number of aromatic nitrogens is 3. The minimum Gasteiger partial charge on any atom is -0.346 e. The molecular formula is C15H15N3O3. The fourth-order valence-corrected chi connectivity index (χ4v) is 2.97. The van der Waals surface area contributed by atoms with Gasteiger partial charge in [0, 0.05) is 5.39 Å². The molecule has 0 aliphatic carbocycles. The van der Waals surface area contributed by atoms with Crippen LogP contribution in [0.4, 0.5) is 0 Å². The van der Waals surface area contributed by atoms with Crippen LogP contribution < -0.4 is 5.69 Å². The molecular weight excluding hydrogens is 270 g/mol. The van der Waals surface area contributed by atoms with Gasteiger partial charge in [-0.1, -0.05) is 6.07 Å². The average molecular weight is 285 g/mol. The van der Waals surface area contributed by atoms with Crippen LogP contribution >= 0.6 is 0 Å². The quantitative estimate of drug-likeness (QED) is 0.740. The Labute approximate surface area is 120 Å². The van der Waals surface area contributed by atoms with E-state index >= 15 is 0 Å². The highest BCUT2D eigenvalue weighted by molar-refractivity contribution is 5.87. The number of fused-ring (bicyclic) bond motifs is 3. The topological polar surface area (TPSA) is 68.6 Å². The van der Waals surface area contributed by atoms with E-state index in [1.165, 1.54) is 0 Å². The minimum atomic E-state index is -0.465. The lowest BCUT2D eigenvalue weighted by molar-refractivity contribution is -0.0432. The van der Waals surface area contributed by atoms with Gasteiger partial charge in [-0.2, -0.15) is 5.10 Å². The van der Waals surface area contributed by atoms with Gasteiger partial charge in [0.1, 0.15) is 0 Å². The SMILES string of the molecule is Cc1cc(C)c2cc(C3OCCO3)c3n[nH]c(=O)n3c2c1. The molecule has 0 atom stereocenters. The van der Waals surface area contributed by atoms with E-state index in [0.29, 0.717) is 18.9 Å². The van der Waals surface area contributed by atoms with Crippen LogP contribution in [0.3, 0.4) is 0 Å². The first-order chi connectivity index (χ1) is 10.1. The van der Waals surface area contributed by atoms with E-state index in [4.69, 9.17) is 9.47 Å². The van der Waals surface area contributed by atoms with Crippen molar-refractivity contribution in [2.75, 3.05) is 13.2 Å². The number of aromatic amines is 1. The van der Waals surface area contributed by atoms with Gasteiger partial charge >= 0.3 is 5.69 Å². The molecule has 0 bridgehead atoms. The Bertz CT molecular complexity index is 904. The van der Waals surface area contributed by atoms with Crippen LogP contribution in [0, 0.1) is 13.8 Å². The van der Waals surface area contributed by atoms with Gasteiger partial charge in [0.15, 0.2) is 11.9 Å². The van der Waals surface area contributed by atoms with Gasteiger partial charge in [-0.05, 0) is 37.1 Å². The van der Waals surface area contributed by atoms with Crippen molar-refractivity contribution < 1.29 is 9.47 Å². The van der Waals surface area contributed by atoms with E-state index in [9.17, 15) is 4.79 Å². The molecule has 1 saturated heterocycles. The summed E-state index contributed by atoms with van der Waals surface area (Å²) in [4.78, 5) is 12.1. The highest BCUT2D eigenvalue weighted by atomic mass is 16.7. The summed E-state index contributed by atoms with van der Waals surface area (Å²) in [6.45, 7) is 5.15. The lowest BCUT2D eigenvalue weighted by atomic mass is 10.0. The molecule has 6 heteroatoms. The molecule has 3 aromatic rings. The number of aryl methyl sites for hydroxylation is 2. The number of hydrogen-bond donors (Lipinski definition) is 1. The van der Waals surface area contributed by atoms with E-state index in [2.05, 4.69) is 16.3 Å². The molecule has 0 saturated carbocycles. The van der Waals surface area contributed by atoms with Crippen LogP contribution in [0.15, 0.2) is 23.0 Å². The summed E-state index contributed by atoms with van der Waals surface area (Å²) in [6.07, 6.45) is -0.465. The first-order valence-electron chi connectivity index (χ1n) is 6.89. The average Bonchev–Trinajstić information content (AvgIpc) is 3.08. The number of nitrogens with one attached hydrogen (secondary N) is 1. The normalized spacial score (nSPS) is 16.3. The van der Waals surface area contributed by atoms with Crippen LogP contribution in [0.2, 0.25) is 0 Å². The predicted molar refractivity (Wildman–Crippen MR) is 77.4 cm³/mol. The lowest BCUT2D eigenvalue weighted by Gasteiger charge is -2.13. The van der Waals surface area contributed by atoms with Gasteiger partial charge in [0.05, 0.1) is 24.3 Å². The fourth-order valence-electron chi connectivity index (χ4n) is 2.97. The molecule has 3 heterocycles. The van der Waals surface area contributed by atoms with E-state index in [0.717, 1.165) is 27.6 Å². The Morgan fingerprint density at radius 3 is 2.76 bits per heavy atom. The third-order valence-electron chi connectivity index (χ3n) is 3.86. The van der Waals surface area contributed by atoms with E-state index in [1.54, 1.807) is 4.40 Å². The van der Waals surface area contributed by atoms with Gasteiger partial charge in [-0.25, -0.2) is 14.3 Å². The van der Waals surface area contributed by atoms with Crippen molar-refractivity contribution in [2.24, 2.45) is 0 Å². The Balaban J connectivity index is 2.17. The smallest absolute Gasteiger partial charge is 0.346 e. The van der Waals surface area contributed by atoms with Crippen molar-refractivity contribution >= 4 is 16.6 Å². The first-order valence-corrected chi connectivity index (χ1v) is 6.89. The maximum atomic E-state index is 12.1. The second-order valence-corrected chi connectivity index (χ2v) is 5.38. The molecule has 0 spiro atoms. The molecule has 1 fully saturated rings. The highest BCUT2D eigenvalue weighted by Gasteiger charge is 2.24. The third-order valence-corrected chi connectivity index (χ3v) is 3.86. The number of pyridine rings is 1. The number of benzene rings is 1. The van der Waals surface area contributed by atoms with Gasteiger partial charge < -0.3 is 9.47 Å². The summed E-state index contributed by atoms with van der Waals surface area (Å²) in [5, 5.41) is 7.66. The Kier molecular flexibility index (Phi) is 2.63.